The zero-order valence-electron chi connectivity index (χ0n) is 12.5. The van der Waals surface area contributed by atoms with E-state index in [-0.39, 0.29) is 12.6 Å². The summed E-state index contributed by atoms with van der Waals surface area (Å²) < 4.78 is 62.4. The third-order valence-electron chi connectivity index (χ3n) is 3.04. The maximum absolute atomic E-state index is 13.4. The molecule has 1 amide bonds. The molecule has 128 valence electrons. The number of halogens is 4. The fraction of sp³-hybridized carbons (Fsp3) is 0.188. The standard InChI is InChI=1S/C16H13F4NO3/c1-23-10-4-2-3-9(5-10)7-21-13(22)8-24-16-14(19)11(17)6-12(18)15(16)20/h2-6H,7-8H2,1H3,(H,21,22). The number of nitrogens with one attached hydrogen (secondary N) is 1. The van der Waals surface area contributed by atoms with Crippen LogP contribution < -0.4 is 14.8 Å². The van der Waals surface area contributed by atoms with Crippen molar-refractivity contribution in [2.24, 2.45) is 0 Å². The van der Waals surface area contributed by atoms with E-state index in [1.807, 2.05) is 0 Å². The monoisotopic (exact) mass is 343 g/mol. The molecule has 0 aliphatic carbocycles. The molecule has 0 aliphatic rings. The van der Waals surface area contributed by atoms with Gasteiger partial charge in [0, 0.05) is 12.6 Å². The van der Waals surface area contributed by atoms with E-state index < -0.39 is 41.5 Å². The first kappa shape index (κ1) is 17.6. The lowest BCUT2D eigenvalue weighted by Crippen LogP contribution is -2.28. The minimum atomic E-state index is -1.70. The Hall–Kier alpha value is -2.77. The quantitative estimate of drug-likeness (QED) is 0.648. The molecule has 2 aromatic rings. The predicted molar refractivity (Wildman–Crippen MR) is 76.6 cm³/mol. The molecule has 4 nitrogen and oxygen atoms in total. The number of carbonyl (C=O) groups is 1. The molecule has 8 heteroatoms. The van der Waals surface area contributed by atoms with Crippen LogP contribution in [-0.2, 0) is 11.3 Å². The Bertz CT molecular complexity index is 726. The first-order chi connectivity index (χ1) is 11.4. The summed E-state index contributed by atoms with van der Waals surface area (Å²) in [4.78, 5) is 11.6. The SMILES string of the molecule is COc1cccc(CNC(=O)COc2c(F)c(F)cc(F)c2F)c1. The molecule has 0 spiro atoms. The van der Waals surface area contributed by atoms with Crippen molar-refractivity contribution in [3.63, 3.8) is 0 Å². The zero-order chi connectivity index (χ0) is 17.7. The van der Waals surface area contributed by atoms with E-state index in [1.165, 1.54) is 7.11 Å². The highest BCUT2D eigenvalue weighted by Gasteiger charge is 2.21. The molecule has 0 atom stereocenters. The van der Waals surface area contributed by atoms with Gasteiger partial charge in [-0.2, -0.15) is 8.78 Å². The maximum atomic E-state index is 13.4. The third-order valence-corrected chi connectivity index (χ3v) is 3.04. The smallest absolute Gasteiger partial charge is 0.258 e. The Morgan fingerprint density at radius 3 is 2.38 bits per heavy atom. The van der Waals surface area contributed by atoms with E-state index in [9.17, 15) is 22.4 Å². The number of methoxy groups -OCH3 is 1. The van der Waals surface area contributed by atoms with Crippen LogP contribution in [0.25, 0.3) is 0 Å². The highest BCUT2D eigenvalue weighted by molar-refractivity contribution is 5.77. The van der Waals surface area contributed by atoms with Crippen LogP contribution in [0.2, 0.25) is 0 Å². The molecular formula is C16H13F4NO3. The second kappa shape index (κ2) is 7.67. The van der Waals surface area contributed by atoms with Crippen molar-refractivity contribution in [2.75, 3.05) is 13.7 Å². The molecule has 0 aromatic heterocycles. The molecule has 0 fully saturated rings. The molecule has 0 radical (unpaired) electrons. The number of hydrogen-bond donors (Lipinski definition) is 1. The molecule has 0 saturated carbocycles. The number of rotatable bonds is 6. The van der Waals surface area contributed by atoms with Crippen LogP contribution in [0, 0.1) is 23.3 Å². The van der Waals surface area contributed by atoms with Crippen LogP contribution in [0.15, 0.2) is 30.3 Å². The van der Waals surface area contributed by atoms with Gasteiger partial charge < -0.3 is 14.8 Å². The Labute approximate surface area is 135 Å². The molecule has 0 aliphatic heterocycles. The van der Waals surface area contributed by atoms with Crippen LogP contribution in [0.4, 0.5) is 17.6 Å². The fourth-order valence-corrected chi connectivity index (χ4v) is 1.85. The molecular weight excluding hydrogens is 330 g/mol. The van der Waals surface area contributed by atoms with Gasteiger partial charge >= 0.3 is 0 Å². The van der Waals surface area contributed by atoms with Gasteiger partial charge in [0.15, 0.2) is 24.0 Å². The van der Waals surface area contributed by atoms with Gasteiger partial charge in [-0.3, -0.25) is 4.79 Å². The van der Waals surface area contributed by atoms with Crippen molar-refractivity contribution in [1.82, 2.24) is 5.32 Å². The summed E-state index contributed by atoms with van der Waals surface area (Å²) in [6.07, 6.45) is 0. The topological polar surface area (TPSA) is 47.6 Å². The lowest BCUT2D eigenvalue weighted by atomic mass is 10.2. The summed E-state index contributed by atoms with van der Waals surface area (Å²) in [7, 11) is 1.49. The molecule has 2 rings (SSSR count). The number of amides is 1. The largest absolute Gasteiger partial charge is 0.497 e. The molecule has 0 unspecified atom stereocenters. The highest BCUT2D eigenvalue weighted by Crippen LogP contribution is 2.26. The molecule has 0 saturated heterocycles. The third kappa shape index (κ3) is 4.15. The van der Waals surface area contributed by atoms with Gasteiger partial charge in [-0.1, -0.05) is 12.1 Å². The average Bonchev–Trinajstić information content (AvgIpc) is 2.58. The molecule has 1 N–H and O–H groups in total. The average molecular weight is 343 g/mol. The summed E-state index contributed by atoms with van der Waals surface area (Å²) in [6.45, 7) is -0.692. The summed E-state index contributed by atoms with van der Waals surface area (Å²) >= 11 is 0. The van der Waals surface area contributed by atoms with Crippen LogP contribution in [0.3, 0.4) is 0 Å². The maximum Gasteiger partial charge on any atom is 0.258 e. The summed E-state index contributed by atoms with van der Waals surface area (Å²) in [5.41, 5.74) is 0.719. The normalized spacial score (nSPS) is 10.4. The Morgan fingerprint density at radius 2 is 1.75 bits per heavy atom. The first-order valence-corrected chi connectivity index (χ1v) is 6.77. The summed E-state index contributed by atoms with van der Waals surface area (Å²) in [5, 5.41) is 2.44. The van der Waals surface area contributed by atoms with Crippen LogP contribution in [0.5, 0.6) is 11.5 Å². The van der Waals surface area contributed by atoms with Gasteiger partial charge in [0.2, 0.25) is 11.6 Å². The van der Waals surface area contributed by atoms with Crippen molar-refractivity contribution in [2.45, 2.75) is 6.54 Å². The Balaban J connectivity index is 1.94. The second-order valence-electron chi connectivity index (χ2n) is 4.71. The second-order valence-corrected chi connectivity index (χ2v) is 4.71. The van der Waals surface area contributed by atoms with Crippen molar-refractivity contribution in [3.05, 3.63) is 59.2 Å². The van der Waals surface area contributed by atoms with Crippen LogP contribution in [0.1, 0.15) is 5.56 Å². The van der Waals surface area contributed by atoms with E-state index in [0.29, 0.717) is 5.75 Å². The predicted octanol–water partition coefficient (Wildman–Crippen LogP) is 2.95. The lowest BCUT2D eigenvalue weighted by molar-refractivity contribution is -0.123. The number of hydrogen-bond acceptors (Lipinski definition) is 3. The lowest BCUT2D eigenvalue weighted by Gasteiger charge is -2.10. The number of benzene rings is 2. The van der Waals surface area contributed by atoms with Gasteiger partial charge in [-0.25, -0.2) is 8.78 Å². The van der Waals surface area contributed by atoms with Crippen molar-refractivity contribution in [3.8, 4) is 11.5 Å². The van der Waals surface area contributed by atoms with Gasteiger partial charge in [-0.05, 0) is 17.7 Å². The minimum Gasteiger partial charge on any atom is -0.497 e. The summed E-state index contributed by atoms with van der Waals surface area (Å²) in [5.74, 6) is -8.02. The first-order valence-electron chi connectivity index (χ1n) is 6.77. The van der Waals surface area contributed by atoms with Crippen molar-refractivity contribution < 1.29 is 31.8 Å². The van der Waals surface area contributed by atoms with Crippen molar-refractivity contribution in [1.29, 1.82) is 0 Å². The van der Waals surface area contributed by atoms with E-state index >= 15 is 0 Å². The number of carbonyl (C=O) groups excluding carboxylic acids is 1. The van der Waals surface area contributed by atoms with Gasteiger partial charge in [-0.15, -0.1) is 0 Å². The molecule has 2 aromatic carbocycles. The van der Waals surface area contributed by atoms with Gasteiger partial charge in [0.25, 0.3) is 5.91 Å². The van der Waals surface area contributed by atoms with E-state index in [1.54, 1.807) is 24.3 Å². The van der Waals surface area contributed by atoms with Gasteiger partial charge in [0.05, 0.1) is 7.11 Å². The van der Waals surface area contributed by atoms with Crippen LogP contribution >= 0.6 is 0 Å². The zero-order valence-corrected chi connectivity index (χ0v) is 12.5. The number of ether oxygens (including phenoxy) is 2. The molecule has 0 heterocycles. The summed E-state index contributed by atoms with van der Waals surface area (Å²) in [6, 6.07) is 6.91. The van der Waals surface area contributed by atoms with E-state index in [4.69, 9.17) is 4.74 Å². The minimum absolute atomic E-state index is 0.0559. The Kier molecular flexibility index (Phi) is 5.62. The van der Waals surface area contributed by atoms with Crippen molar-refractivity contribution >= 4 is 5.91 Å². The molecule has 24 heavy (non-hydrogen) atoms. The highest BCUT2D eigenvalue weighted by atomic mass is 19.2. The van der Waals surface area contributed by atoms with E-state index in [0.717, 1.165) is 5.56 Å². The van der Waals surface area contributed by atoms with Gasteiger partial charge in [0.1, 0.15) is 5.75 Å². The van der Waals surface area contributed by atoms with E-state index in [2.05, 4.69) is 10.1 Å². The molecule has 0 bridgehead atoms. The Morgan fingerprint density at radius 1 is 1.08 bits per heavy atom. The van der Waals surface area contributed by atoms with Crippen LogP contribution in [-0.4, -0.2) is 19.6 Å². The fourth-order valence-electron chi connectivity index (χ4n) is 1.85.